The summed E-state index contributed by atoms with van der Waals surface area (Å²) in [5, 5.41) is 3.92. The molecule has 1 amide bonds. The summed E-state index contributed by atoms with van der Waals surface area (Å²) in [5.41, 5.74) is 0.854. The maximum Gasteiger partial charge on any atom is 0.336 e. The number of benzene rings is 2. The molecule has 3 aromatic rings. The number of methoxy groups -OCH3 is 1. The minimum absolute atomic E-state index is 0.246. The van der Waals surface area contributed by atoms with Gasteiger partial charge in [0.15, 0.2) is 5.75 Å². The Hall–Kier alpha value is -2.50. The highest BCUT2D eigenvalue weighted by molar-refractivity contribution is 6.37. The zero-order valence-corrected chi connectivity index (χ0v) is 13.9. The van der Waals surface area contributed by atoms with Gasteiger partial charge < -0.3 is 14.5 Å². The second-order valence-corrected chi connectivity index (χ2v) is 5.75. The predicted molar refractivity (Wildman–Crippen MR) is 93.5 cm³/mol. The molecule has 0 aliphatic heterocycles. The van der Waals surface area contributed by atoms with Gasteiger partial charge in [0.05, 0.1) is 17.2 Å². The van der Waals surface area contributed by atoms with E-state index in [9.17, 15) is 9.59 Å². The van der Waals surface area contributed by atoms with Gasteiger partial charge in [-0.2, -0.15) is 0 Å². The number of rotatable bonds is 3. The van der Waals surface area contributed by atoms with E-state index in [0.29, 0.717) is 28.0 Å². The molecular weight excluding hydrogens is 353 g/mol. The number of nitrogens with one attached hydrogen (secondary N) is 1. The number of anilines is 1. The summed E-state index contributed by atoms with van der Waals surface area (Å²) in [6, 6.07) is 10.8. The van der Waals surface area contributed by atoms with Crippen molar-refractivity contribution < 1.29 is 13.9 Å². The molecule has 3 rings (SSSR count). The molecule has 0 spiro atoms. The Kier molecular flexibility index (Phi) is 4.46. The van der Waals surface area contributed by atoms with Crippen LogP contribution in [0.1, 0.15) is 10.4 Å². The number of fused-ring (bicyclic) bond motifs is 1. The lowest BCUT2D eigenvalue weighted by Crippen LogP contribution is -2.12. The van der Waals surface area contributed by atoms with Crippen LogP contribution in [0.15, 0.2) is 51.7 Å². The lowest BCUT2D eigenvalue weighted by atomic mass is 10.1. The summed E-state index contributed by atoms with van der Waals surface area (Å²) in [6.07, 6.45) is 0. The monoisotopic (exact) mass is 363 g/mol. The Balaban J connectivity index is 1.89. The normalized spacial score (nSPS) is 10.6. The topological polar surface area (TPSA) is 68.5 Å². The van der Waals surface area contributed by atoms with Gasteiger partial charge >= 0.3 is 5.63 Å². The molecule has 7 heteroatoms. The van der Waals surface area contributed by atoms with Crippen molar-refractivity contribution in [2.75, 3.05) is 12.4 Å². The standard InChI is InChI=1S/C17H11Cl2NO4/c1-23-16-12(18)7-10(8-13(16)19)17(22)20-11-3-4-14-9(6-11)2-5-15(21)24-14/h2-8H,1H3,(H,20,22). The van der Waals surface area contributed by atoms with E-state index in [4.69, 9.17) is 32.4 Å². The van der Waals surface area contributed by atoms with Gasteiger partial charge in [0.1, 0.15) is 5.58 Å². The zero-order valence-electron chi connectivity index (χ0n) is 12.4. The highest BCUT2D eigenvalue weighted by atomic mass is 35.5. The highest BCUT2D eigenvalue weighted by Gasteiger charge is 2.14. The van der Waals surface area contributed by atoms with Crippen molar-refractivity contribution in [1.82, 2.24) is 0 Å². The van der Waals surface area contributed by atoms with Crippen molar-refractivity contribution >= 4 is 45.8 Å². The Morgan fingerprint density at radius 3 is 2.46 bits per heavy atom. The minimum atomic E-state index is -0.429. The van der Waals surface area contributed by atoms with E-state index >= 15 is 0 Å². The average Bonchev–Trinajstić information content (AvgIpc) is 2.54. The van der Waals surface area contributed by atoms with Gasteiger partial charge in [-0.25, -0.2) is 4.79 Å². The number of hydrogen-bond donors (Lipinski definition) is 1. The molecule has 0 aliphatic rings. The molecule has 2 aromatic carbocycles. The van der Waals surface area contributed by atoms with E-state index in [2.05, 4.69) is 5.32 Å². The Morgan fingerprint density at radius 2 is 1.79 bits per heavy atom. The van der Waals surface area contributed by atoms with E-state index in [-0.39, 0.29) is 16.0 Å². The van der Waals surface area contributed by atoms with E-state index in [1.54, 1.807) is 24.3 Å². The van der Waals surface area contributed by atoms with Gasteiger partial charge in [-0.15, -0.1) is 0 Å². The Labute approximate surface area is 146 Å². The molecule has 0 bridgehead atoms. The molecule has 24 heavy (non-hydrogen) atoms. The van der Waals surface area contributed by atoms with Gasteiger partial charge in [-0.05, 0) is 36.4 Å². The van der Waals surface area contributed by atoms with E-state index < -0.39 is 5.63 Å². The zero-order chi connectivity index (χ0) is 17.3. The minimum Gasteiger partial charge on any atom is -0.494 e. The summed E-state index contributed by atoms with van der Waals surface area (Å²) in [7, 11) is 1.44. The Morgan fingerprint density at radius 1 is 1.08 bits per heavy atom. The summed E-state index contributed by atoms with van der Waals surface area (Å²) in [6.45, 7) is 0. The molecule has 1 N–H and O–H groups in total. The van der Waals surface area contributed by atoms with Crippen LogP contribution in [-0.4, -0.2) is 13.0 Å². The predicted octanol–water partition coefficient (Wildman–Crippen LogP) is 4.36. The fourth-order valence-electron chi connectivity index (χ4n) is 2.24. The molecule has 5 nitrogen and oxygen atoms in total. The fraction of sp³-hybridized carbons (Fsp3) is 0.0588. The summed E-state index contributed by atoms with van der Waals surface area (Å²) >= 11 is 12.1. The first-order chi connectivity index (χ1) is 11.5. The molecule has 0 saturated carbocycles. The third-order valence-corrected chi connectivity index (χ3v) is 3.90. The van der Waals surface area contributed by atoms with Crippen LogP contribution < -0.4 is 15.7 Å². The summed E-state index contributed by atoms with van der Waals surface area (Å²) in [5.74, 6) is -0.0613. The lowest BCUT2D eigenvalue weighted by Gasteiger charge is -2.10. The van der Waals surface area contributed by atoms with Crippen LogP contribution >= 0.6 is 23.2 Å². The van der Waals surface area contributed by atoms with Crippen LogP contribution in [0.5, 0.6) is 5.75 Å². The number of hydrogen-bond acceptors (Lipinski definition) is 4. The van der Waals surface area contributed by atoms with Crippen LogP contribution in [0, 0.1) is 0 Å². The van der Waals surface area contributed by atoms with E-state index in [0.717, 1.165) is 0 Å². The Bertz CT molecular complexity index is 974. The van der Waals surface area contributed by atoms with Crippen molar-refractivity contribution in [1.29, 1.82) is 0 Å². The SMILES string of the molecule is COc1c(Cl)cc(C(=O)Nc2ccc3oc(=O)ccc3c2)cc1Cl. The first-order valence-corrected chi connectivity index (χ1v) is 7.62. The quantitative estimate of drug-likeness (QED) is 0.701. The largest absolute Gasteiger partial charge is 0.494 e. The van der Waals surface area contributed by atoms with Crippen molar-refractivity contribution in [3.63, 3.8) is 0 Å². The highest BCUT2D eigenvalue weighted by Crippen LogP contribution is 2.34. The first-order valence-electron chi connectivity index (χ1n) is 6.86. The maximum atomic E-state index is 12.4. The van der Waals surface area contributed by atoms with Crippen LogP contribution in [0.3, 0.4) is 0 Å². The summed E-state index contributed by atoms with van der Waals surface area (Å²) < 4.78 is 10.1. The van der Waals surface area contributed by atoms with Gasteiger partial charge in [-0.3, -0.25) is 4.79 Å². The molecule has 0 fully saturated rings. The van der Waals surface area contributed by atoms with E-state index in [1.165, 1.54) is 25.3 Å². The van der Waals surface area contributed by atoms with Crippen LogP contribution in [0.25, 0.3) is 11.0 Å². The van der Waals surface area contributed by atoms with Crippen molar-refractivity contribution in [3.8, 4) is 5.75 Å². The van der Waals surface area contributed by atoms with Crippen LogP contribution in [0.4, 0.5) is 5.69 Å². The molecule has 0 unspecified atom stereocenters. The maximum absolute atomic E-state index is 12.4. The average molecular weight is 364 g/mol. The molecular formula is C17H11Cl2NO4. The number of amides is 1. The van der Waals surface area contributed by atoms with Gasteiger partial charge in [0.2, 0.25) is 0 Å². The van der Waals surface area contributed by atoms with Gasteiger partial charge in [-0.1, -0.05) is 23.2 Å². The molecule has 122 valence electrons. The molecule has 0 saturated heterocycles. The van der Waals surface area contributed by atoms with Crippen LogP contribution in [-0.2, 0) is 0 Å². The van der Waals surface area contributed by atoms with E-state index in [1.807, 2.05) is 0 Å². The molecule has 0 aliphatic carbocycles. The second-order valence-electron chi connectivity index (χ2n) is 4.93. The third kappa shape index (κ3) is 3.22. The number of halogens is 2. The lowest BCUT2D eigenvalue weighted by molar-refractivity contribution is 0.102. The number of carbonyl (C=O) groups is 1. The third-order valence-electron chi connectivity index (χ3n) is 3.34. The van der Waals surface area contributed by atoms with Crippen molar-refractivity contribution in [3.05, 3.63) is 68.5 Å². The fourth-order valence-corrected chi connectivity index (χ4v) is 2.88. The first kappa shape index (κ1) is 16.4. The summed E-state index contributed by atoms with van der Waals surface area (Å²) in [4.78, 5) is 23.5. The van der Waals surface area contributed by atoms with Gasteiger partial charge in [0, 0.05) is 22.7 Å². The molecule has 0 atom stereocenters. The number of ether oxygens (including phenoxy) is 1. The molecule has 1 heterocycles. The van der Waals surface area contributed by atoms with Gasteiger partial charge in [0.25, 0.3) is 5.91 Å². The molecule has 1 aromatic heterocycles. The van der Waals surface area contributed by atoms with Crippen LogP contribution in [0.2, 0.25) is 10.0 Å². The second kappa shape index (κ2) is 6.55. The molecule has 0 radical (unpaired) electrons. The van der Waals surface area contributed by atoms with Crippen molar-refractivity contribution in [2.24, 2.45) is 0 Å². The smallest absolute Gasteiger partial charge is 0.336 e. The number of carbonyl (C=O) groups excluding carboxylic acids is 1. The van der Waals surface area contributed by atoms with Crippen molar-refractivity contribution in [2.45, 2.75) is 0 Å².